The molecule has 0 atom stereocenters. The number of rotatable bonds is 4. The molecular weight excluding hydrogens is 391 g/mol. The lowest BCUT2D eigenvalue weighted by Gasteiger charge is -2.07. The molecule has 5 heteroatoms. The first-order chi connectivity index (χ1) is 9.54. The van der Waals surface area contributed by atoms with Gasteiger partial charge in [-0.25, -0.2) is 4.79 Å². The summed E-state index contributed by atoms with van der Waals surface area (Å²) in [6.45, 7) is 0. The van der Waals surface area contributed by atoms with E-state index in [1.54, 1.807) is 18.2 Å². The summed E-state index contributed by atoms with van der Waals surface area (Å²) in [6.07, 6.45) is 2.49. The van der Waals surface area contributed by atoms with Crippen molar-refractivity contribution in [2.24, 2.45) is 0 Å². The molecule has 0 spiro atoms. The number of carbonyl (C=O) groups is 1. The molecule has 2 aromatic rings. The van der Waals surface area contributed by atoms with Gasteiger partial charge in [0.2, 0.25) is 0 Å². The lowest BCUT2D eigenvalue weighted by molar-refractivity contribution is -0.131. The van der Waals surface area contributed by atoms with Gasteiger partial charge in [0.05, 0.1) is 5.02 Å². The van der Waals surface area contributed by atoms with Gasteiger partial charge in [-0.15, -0.1) is 0 Å². The van der Waals surface area contributed by atoms with Gasteiger partial charge in [0.25, 0.3) is 0 Å². The quantitative estimate of drug-likeness (QED) is 0.590. The highest BCUT2D eigenvalue weighted by atomic mass is 127. The first kappa shape index (κ1) is 14.9. The molecule has 0 aliphatic rings. The van der Waals surface area contributed by atoms with Crippen LogP contribution < -0.4 is 4.74 Å². The van der Waals surface area contributed by atoms with Crippen molar-refractivity contribution < 1.29 is 14.6 Å². The highest BCUT2D eigenvalue weighted by molar-refractivity contribution is 14.1. The number of aliphatic carboxylic acids is 1. The number of carboxylic acids is 1. The average molecular weight is 401 g/mol. The summed E-state index contributed by atoms with van der Waals surface area (Å²) in [7, 11) is 0. The van der Waals surface area contributed by atoms with Crippen molar-refractivity contribution in [3.8, 4) is 11.5 Å². The van der Waals surface area contributed by atoms with Crippen molar-refractivity contribution >= 4 is 46.2 Å². The van der Waals surface area contributed by atoms with Crippen LogP contribution in [-0.2, 0) is 4.79 Å². The summed E-state index contributed by atoms with van der Waals surface area (Å²) in [5.74, 6) is 0.312. The van der Waals surface area contributed by atoms with Crippen molar-refractivity contribution in [1.29, 1.82) is 0 Å². The number of hydrogen-bond donors (Lipinski definition) is 1. The summed E-state index contributed by atoms with van der Waals surface area (Å²) in [5, 5.41) is 9.02. The maximum absolute atomic E-state index is 10.5. The van der Waals surface area contributed by atoms with E-state index in [4.69, 9.17) is 21.4 Å². The average Bonchev–Trinajstić information content (AvgIpc) is 2.37. The summed E-state index contributed by atoms with van der Waals surface area (Å²) in [5.41, 5.74) is 0.629. The van der Waals surface area contributed by atoms with E-state index >= 15 is 0 Å². The first-order valence-electron chi connectivity index (χ1n) is 5.68. The molecule has 0 saturated heterocycles. The molecule has 0 radical (unpaired) electrons. The zero-order chi connectivity index (χ0) is 14.5. The molecule has 0 saturated carbocycles. The molecule has 0 aromatic heterocycles. The van der Waals surface area contributed by atoms with Crippen LogP contribution in [0.25, 0.3) is 6.08 Å². The Morgan fingerprint density at radius 3 is 2.60 bits per heavy atom. The van der Waals surface area contributed by atoms with E-state index < -0.39 is 5.97 Å². The Bertz CT molecular complexity index is 668. The summed E-state index contributed by atoms with van der Waals surface area (Å²) < 4.78 is 6.77. The predicted octanol–water partition coefficient (Wildman–Crippen LogP) is 4.83. The fraction of sp³-hybridized carbons (Fsp3) is 0. The molecule has 2 rings (SSSR count). The van der Waals surface area contributed by atoms with Gasteiger partial charge in [-0.1, -0.05) is 17.7 Å². The van der Waals surface area contributed by atoms with E-state index in [0.29, 0.717) is 16.3 Å². The second-order valence-corrected chi connectivity index (χ2v) is 5.57. The normalized spacial score (nSPS) is 10.7. The van der Waals surface area contributed by atoms with E-state index in [2.05, 4.69) is 22.6 Å². The van der Waals surface area contributed by atoms with E-state index in [1.165, 1.54) is 6.08 Å². The number of halogens is 2. The van der Waals surface area contributed by atoms with Crippen LogP contribution in [0, 0.1) is 3.57 Å². The zero-order valence-electron chi connectivity index (χ0n) is 10.2. The van der Waals surface area contributed by atoms with Crippen molar-refractivity contribution in [3.63, 3.8) is 0 Å². The van der Waals surface area contributed by atoms with Crippen LogP contribution in [0.2, 0.25) is 5.02 Å². The van der Waals surface area contributed by atoms with Crippen LogP contribution in [0.15, 0.2) is 48.5 Å². The fourth-order valence-electron chi connectivity index (χ4n) is 1.53. The SMILES string of the molecule is O=C(O)/C=C/c1ccc(Oc2cccc(I)c2)cc1Cl. The third-order valence-electron chi connectivity index (χ3n) is 2.41. The topological polar surface area (TPSA) is 46.5 Å². The number of benzene rings is 2. The fourth-order valence-corrected chi connectivity index (χ4v) is 2.28. The number of carboxylic acid groups (broad SMARTS) is 1. The Morgan fingerprint density at radius 1 is 1.20 bits per heavy atom. The van der Waals surface area contributed by atoms with Gasteiger partial charge in [0, 0.05) is 9.65 Å². The Kier molecular flexibility index (Phi) is 5.03. The molecule has 1 N–H and O–H groups in total. The summed E-state index contributed by atoms with van der Waals surface area (Å²) >= 11 is 8.29. The summed E-state index contributed by atoms with van der Waals surface area (Å²) in [4.78, 5) is 10.5. The number of hydrogen-bond acceptors (Lipinski definition) is 2. The van der Waals surface area contributed by atoms with Crippen LogP contribution in [0.4, 0.5) is 0 Å². The Balaban J connectivity index is 2.19. The van der Waals surface area contributed by atoms with Crippen LogP contribution in [-0.4, -0.2) is 11.1 Å². The molecule has 0 unspecified atom stereocenters. The highest BCUT2D eigenvalue weighted by Gasteiger charge is 2.03. The molecule has 0 aliphatic heterocycles. The minimum absolute atomic E-state index is 0.436. The number of ether oxygens (including phenoxy) is 1. The standard InChI is InChI=1S/C15H10ClIO3/c16-14-9-13(6-4-10(14)5-7-15(18)19)20-12-3-1-2-11(17)8-12/h1-9H,(H,18,19)/b7-5+. The molecule has 102 valence electrons. The molecule has 3 nitrogen and oxygen atoms in total. The van der Waals surface area contributed by atoms with Gasteiger partial charge < -0.3 is 9.84 Å². The molecule has 0 heterocycles. The van der Waals surface area contributed by atoms with Gasteiger partial charge in [-0.05, 0) is 70.6 Å². The van der Waals surface area contributed by atoms with Gasteiger partial charge >= 0.3 is 5.97 Å². The molecule has 0 aliphatic carbocycles. The predicted molar refractivity (Wildman–Crippen MR) is 87.4 cm³/mol. The lowest BCUT2D eigenvalue weighted by atomic mass is 10.2. The third-order valence-corrected chi connectivity index (χ3v) is 3.41. The van der Waals surface area contributed by atoms with Gasteiger partial charge in [-0.3, -0.25) is 0 Å². The minimum atomic E-state index is -1.01. The van der Waals surface area contributed by atoms with Crippen molar-refractivity contribution in [3.05, 3.63) is 62.7 Å². The van der Waals surface area contributed by atoms with Crippen molar-refractivity contribution in [2.45, 2.75) is 0 Å². The second-order valence-electron chi connectivity index (χ2n) is 3.91. The van der Waals surface area contributed by atoms with E-state index in [0.717, 1.165) is 15.4 Å². The van der Waals surface area contributed by atoms with E-state index in [9.17, 15) is 4.79 Å². The van der Waals surface area contributed by atoms with Crippen molar-refractivity contribution in [1.82, 2.24) is 0 Å². The van der Waals surface area contributed by atoms with E-state index in [1.807, 2.05) is 24.3 Å². The molecule has 0 bridgehead atoms. The maximum atomic E-state index is 10.5. The Hall–Kier alpha value is -1.53. The second kappa shape index (κ2) is 6.76. The van der Waals surface area contributed by atoms with Crippen LogP contribution >= 0.6 is 34.2 Å². The van der Waals surface area contributed by atoms with E-state index in [-0.39, 0.29) is 0 Å². The van der Waals surface area contributed by atoms with Gasteiger partial charge in [0.15, 0.2) is 0 Å². The van der Waals surface area contributed by atoms with Crippen LogP contribution in [0.1, 0.15) is 5.56 Å². The van der Waals surface area contributed by atoms with Crippen molar-refractivity contribution in [2.75, 3.05) is 0 Å². The molecule has 0 fully saturated rings. The lowest BCUT2D eigenvalue weighted by Crippen LogP contribution is -1.88. The molecule has 20 heavy (non-hydrogen) atoms. The summed E-state index contributed by atoms with van der Waals surface area (Å²) in [6, 6.07) is 12.8. The Morgan fingerprint density at radius 2 is 1.95 bits per heavy atom. The first-order valence-corrected chi connectivity index (χ1v) is 7.14. The monoisotopic (exact) mass is 400 g/mol. The third kappa shape index (κ3) is 4.25. The van der Waals surface area contributed by atoms with Crippen LogP contribution in [0.5, 0.6) is 11.5 Å². The molecular formula is C15H10ClIO3. The smallest absolute Gasteiger partial charge is 0.328 e. The van der Waals surface area contributed by atoms with Gasteiger partial charge in [-0.2, -0.15) is 0 Å². The van der Waals surface area contributed by atoms with Gasteiger partial charge in [0.1, 0.15) is 11.5 Å². The maximum Gasteiger partial charge on any atom is 0.328 e. The molecule has 2 aromatic carbocycles. The largest absolute Gasteiger partial charge is 0.478 e. The minimum Gasteiger partial charge on any atom is -0.478 e. The van der Waals surface area contributed by atoms with Crippen LogP contribution in [0.3, 0.4) is 0 Å². The highest BCUT2D eigenvalue weighted by Crippen LogP contribution is 2.28. The zero-order valence-corrected chi connectivity index (χ0v) is 13.1. The molecule has 0 amide bonds. The Labute approximate surface area is 135 Å².